The average Bonchev–Trinajstić information content (AvgIpc) is 3.16. The van der Waals surface area contributed by atoms with Gasteiger partial charge in [-0.15, -0.1) is 0 Å². The van der Waals surface area contributed by atoms with Crippen molar-refractivity contribution < 1.29 is 9.53 Å². The number of rotatable bonds is 12. The Bertz CT molecular complexity index is 621. The molecule has 2 N–H and O–H groups in total. The minimum absolute atomic E-state index is 0.307. The normalized spacial score (nSPS) is 16.7. The number of benzene rings is 1. The van der Waals surface area contributed by atoms with Crippen molar-refractivity contribution in [3.63, 3.8) is 0 Å². The molecule has 1 aliphatic heterocycles. The van der Waals surface area contributed by atoms with E-state index in [9.17, 15) is 4.79 Å². The maximum absolute atomic E-state index is 12.0. The van der Waals surface area contributed by atoms with Crippen molar-refractivity contribution in [1.82, 2.24) is 15.5 Å². The number of guanidine groups is 1. The van der Waals surface area contributed by atoms with Crippen molar-refractivity contribution in [3.05, 3.63) is 35.9 Å². The SMILES string of the molecule is CCNC(=NCC(C)COCc1ccccc1)NCCC(CC)N1CCCC1=O. The molecular weight excluding hydrogens is 364 g/mol. The lowest BCUT2D eigenvalue weighted by molar-refractivity contribution is -0.129. The number of ether oxygens (including phenoxy) is 1. The topological polar surface area (TPSA) is 66.0 Å². The molecule has 2 atom stereocenters. The molecule has 0 aromatic heterocycles. The summed E-state index contributed by atoms with van der Waals surface area (Å²) >= 11 is 0. The zero-order valence-corrected chi connectivity index (χ0v) is 18.3. The molecule has 162 valence electrons. The summed E-state index contributed by atoms with van der Waals surface area (Å²) in [5, 5.41) is 6.73. The standard InChI is InChI=1S/C23H38N4O2/c1-4-21(27-15-9-12-22(27)28)13-14-25-23(24-5-2)26-16-19(3)17-29-18-20-10-7-6-8-11-20/h6-8,10-11,19,21H,4-5,9,12-18H2,1-3H3,(H2,24,25,26). The maximum atomic E-state index is 12.0. The summed E-state index contributed by atoms with van der Waals surface area (Å²) in [6, 6.07) is 10.6. The summed E-state index contributed by atoms with van der Waals surface area (Å²) in [4.78, 5) is 18.7. The smallest absolute Gasteiger partial charge is 0.222 e. The van der Waals surface area contributed by atoms with E-state index in [4.69, 9.17) is 9.73 Å². The van der Waals surface area contributed by atoms with Gasteiger partial charge >= 0.3 is 0 Å². The highest BCUT2D eigenvalue weighted by molar-refractivity contribution is 5.80. The zero-order valence-electron chi connectivity index (χ0n) is 18.3. The van der Waals surface area contributed by atoms with Crippen LogP contribution in [0.3, 0.4) is 0 Å². The number of hydrogen-bond acceptors (Lipinski definition) is 3. The molecule has 2 rings (SSSR count). The minimum Gasteiger partial charge on any atom is -0.376 e. The van der Waals surface area contributed by atoms with Crippen LogP contribution in [0, 0.1) is 5.92 Å². The van der Waals surface area contributed by atoms with Crippen molar-refractivity contribution in [2.45, 2.75) is 59.1 Å². The third-order valence-electron chi connectivity index (χ3n) is 5.21. The highest BCUT2D eigenvalue weighted by atomic mass is 16.5. The number of aliphatic imine (C=N–C) groups is 1. The predicted octanol–water partition coefficient (Wildman–Crippen LogP) is 3.19. The molecule has 0 saturated carbocycles. The van der Waals surface area contributed by atoms with Crippen molar-refractivity contribution >= 4 is 11.9 Å². The molecule has 0 bridgehead atoms. The molecular formula is C23H38N4O2. The first-order valence-electron chi connectivity index (χ1n) is 11.1. The van der Waals surface area contributed by atoms with E-state index in [2.05, 4.69) is 48.4 Å². The van der Waals surface area contributed by atoms with Crippen LogP contribution >= 0.6 is 0 Å². The van der Waals surface area contributed by atoms with E-state index in [-0.39, 0.29) is 0 Å². The van der Waals surface area contributed by atoms with Crippen LogP contribution in [-0.2, 0) is 16.1 Å². The van der Waals surface area contributed by atoms with Gasteiger partial charge in [0.1, 0.15) is 0 Å². The Balaban J connectivity index is 1.71. The van der Waals surface area contributed by atoms with E-state index in [1.165, 1.54) is 5.56 Å². The Morgan fingerprint density at radius 3 is 2.69 bits per heavy atom. The van der Waals surface area contributed by atoms with Crippen LogP contribution in [-0.4, -0.2) is 55.6 Å². The molecule has 1 saturated heterocycles. The molecule has 0 radical (unpaired) electrons. The molecule has 0 aliphatic carbocycles. The third-order valence-corrected chi connectivity index (χ3v) is 5.21. The first-order chi connectivity index (χ1) is 14.1. The lowest BCUT2D eigenvalue weighted by atomic mass is 10.1. The molecule has 1 amide bonds. The molecule has 1 fully saturated rings. The molecule has 2 unspecified atom stereocenters. The van der Waals surface area contributed by atoms with Gasteiger partial charge in [-0.25, -0.2) is 0 Å². The van der Waals surface area contributed by atoms with E-state index in [1.54, 1.807) is 0 Å². The van der Waals surface area contributed by atoms with Gasteiger partial charge in [0.05, 0.1) is 13.2 Å². The fourth-order valence-corrected chi connectivity index (χ4v) is 3.59. The second-order valence-electron chi connectivity index (χ2n) is 7.79. The van der Waals surface area contributed by atoms with Crippen LogP contribution in [0.5, 0.6) is 0 Å². The Kier molecular flexibility index (Phi) is 10.6. The number of amides is 1. The van der Waals surface area contributed by atoms with Crippen molar-refractivity contribution in [2.75, 3.05) is 32.8 Å². The Morgan fingerprint density at radius 2 is 2.03 bits per heavy atom. The Morgan fingerprint density at radius 1 is 1.24 bits per heavy atom. The largest absolute Gasteiger partial charge is 0.376 e. The molecule has 6 heteroatoms. The van der Waals surface area contributed by atoms with Gasteiger partial charge in [0.15, 0.2) is 5.96 Å². The highest BCUT2D eigenvalue weighted by Crippen LogP contribution is 2.17. The summed E-state index contributed by atoms with van der Waals surface area (Å²) in [6.45, 7) is 11.0. The van der Waals surface area contributed by atoms with Crippen LogP contribution in [0.25, 0.3) is 0 Å². The predicted molar refractivity (Wildman–Crippen MR) is 119 cm³/mol. The van der Waals surface area contributed by atoms with E-state index in [1.807, 2.05) is 18.2 Å². The van der Waals surface area contributed by atoms with E-state index in [0.29, 0.717) is 44.0 Å². The molecule has 1 heterocycles. The summed E-state index contributed by atoms with van der Waals surface area (Å²) in [5.74, 6) is 1.49. The molecule has 1 aliphatic rings. The summed E-state index contributed by atoms with van der Waals surface area (Å²) in [5.41, 5.74) is 1.19. The molecule has 6 nitrogen and oxygen atoms in total. The average molecular weight is 403 g/mol. The minimum atomic E-state index is 0.307. The second kappa shape index (κ2) is 13.2. The van der Waals surface area contributed by atoms with Gasteiger partial charge in [-0.05, 0) is 37.7 Å². The van der Waals surface area contributed by atoms with Crippen LogP contribution in [0.4, 0.5) is 0 Å². The number of carbonyl (C=O) groups excluding carboxylic acids is 1. The quantitative estimate of drug-likeness (QED) is 0.416. The van der Waals surface area contributed by atoms with Crippen molar-refractivity contribution in [1.29, 1.82) is 0 Å². The van der Waals surface area contributed by atoms with Crippen LogP contribution in [0.2, 0.25) is 0 Å². The number of hydrogen-bond donors (Lipinski definition) is 2. The summed E-state index contributed by atoms with van der Waals surface area (Å²) in [6.07, 6.45) is 3.65. The van der Waals surface area contributed by atoms with Gasteiger partial charge < -0.3 is 20.3 Å². The van der Waals surface area contributed by atoms with Crippen LogP contribution in [0.15, 0.2) is 35.3 Å². The van der Waals surface area contributed by atoms with Crippen LogP contribution < -0.4 is 10.6 Å². The Labute approximate surface area is 176 Å². The van der Waals surface area contributed by atoms with Crippen LogP contribution in [0.1, 0.15) is 52.0 Å². The summed E-state index contributed by atoms with van der Waals surface area (Å²) in [7, 11) is 0. The van der Waals surface area contributed by atoms with Gasteiger partial charge in [0.25, 0.3) is 0 Å². The Hall–Kier alpha value is -2.08. The van der Waals surface area contributed by atoms with Gasteiger partial charge in [-0.3, -0.25) is 9.79 Å². The van der Waals surface area contributed by atoms with Crippen molar-refractivity contribution in [3.8, 4) is 0 Å². The third kappa shape index (κ3) is 8.44. The van der Waals surface area contributed by atoms with E-state index in [0.717, 1.165) is 44.9 Å². The molecule has 29 heavy (non-hydrogen) atoms. The van der Waals surface area contributed by atoms with Crippen molar-refractivity contribution in [2.24, 2.45) is 10.9 Å². The van der Waals surface area contributed by atoms with E-state index >= 15 is 0 Å². The lowest BCUT2D eigenvalue weighted by Crippen LogP contribution is -2.42. The number of carbonyl (C=O) groups is 1. The van der Waals surface area contributed by atoms with Gasteiger partial charge in [-0.1, -0.05) is 44.2 Å². The fraction of sp³-hybridized carbons (Fsp3) is 0.652. The first-order valence-corrected chi connectivity index (χ1v) is 11.1. The molecule has 1 aromatic rings. The lowest BCUT2D eigenvalue weighted by Gasteiger charge is -2.27. The molecule has 0 spiro atoms. The first kappa shape index (κ1) is 23.2. The number of nitrogens with zero attached hydrogens (tertiary/aromatic N) is 2. The summed E-state index contributed by atoms with van der Waals surface area (Å²) < 4.78 is 5.82. The fourth-order valence-electron chi connectivity index (χ4n) is 3.59. The molecule has 1 aromatic carbocycles. The van der Waals surface area contributed by atoms with E-state index < -0.39 is 0 Å². The number of likely N-dealkylation sites (tertiary alicyclic amines) is 1. The van der Waals surface area contributed by atoms with Gasteiger partial charge in [0, 0.05) is 38.6 Å². The second-order valence-corrected chi connectivity index (χ2v) is 7.79. The highest BCUT2D eigenvalue weighted by Gasteiger charge is 2.26. The monoisotopic (exact) mass is 402 g/mol. The van der Waals surface area contributed by atoms with Gasteiger partial charge in [-0.2, -0.15) is 0 Å². The number of nitrogens with one attached hydrogen (secondary N) is 2. The maximum Gasteiger partial charge on any atom is 0.222 e. The van der Waals surface area contributed by atoms with Gasteiger partial charge in [0.2, 0.25) is 5.91 Å². The zero-order chi connectivity index (χ0) is 20.9.